The van der Waals surface area contributed by atoms with Gasteiger partial charge in [0.15, 0.2) is 0 Å². The van der Waals surface area contributed by atoms with Crippen molar-refractivity contribution >= 4 is 0 Å². The van der Waals surface area contributed by atoms with Gasteiger partial charge in [0.1, 0.15) is 0 Å². The van der Waals surface area contributed by atoms with Crippen LogP contribution in [0.4, 0.5) is 0 Å². The van der Waals surface area contributed by atoms with Gasteiger partial charge < -0.3 is 1.43 Å². The molecule has 0 atom stereocenters. The molecule has 3 nitrogen and oxygen atoms in total. The quantitative estimate of drug-likeness (QED) is 0.211. The molecule has 0 aromatic rings. The molecule has 0 amide bonds. The van der Waals surface area contributed by atoms with Gasteiger partial charge in [0.25, 0.3) is 0 Å². The zero-order valence-corrected chi connectivity index (χ0v) is 4.84. The van der Waals surface area contributed by atoms with Gasteiger partial charge in [-0.05, 0) is 0 Å². The summed E-state index contributed by atoms with van der Waals surface area (Å²) in [7, 11) is 0. The molecule has 0 aliphatic rings. The van der Waals surface area contributed by atoms with Crippen molar-refractivity contribution < 1.29 is 25.2 Å². The molecule has 0 saturated carbocycles. The molecule has 0 aliphatic heterocycles. The van der Waals surface area contributed by atoms with Crippen molar-refractivity contribution in [3.8, 4) is 0 Å². The molecule has 0 aliphatic carbocycles. The van der Waals surface area contributed by atoms with Crippen molar-refractivity contribution in [2.75, 3.05) is 0 Å². The number of rotatable bonds is 1. The van der Waals surface area contributed by atoms with Crippen LogP contribution in [0.25, 0.3) is 0 Å². The maximum atomic E-state index is 9.50. The summed E-state index contributed by atoms with van der Waals surface area (Å²) in [5.41, 5.74) is 0. The van der Waals surface area contributed by atoms with E-state index in [1.807, 2.05) is 0 Å². The van der Waals surface area contributed by atoms with Gasteiger partial charge in [-0.1, -0.05) is 0 Å². The number of hydrogen-bond acceptors (Lipinski definition) is 2. The second-order valence-electron chi connectivity index (χ2n) is 1.38. The second kappa shape index (κ2) is 4.16. The van der Waals surface area contributed by atoms with E-state index in [1.54, 1.807) is 13.8 Å². The largest absolute Gasteiger partial charge is 1.00 e. The van der Waals surface area contributed by atoms with Crippen LogP contribution in [0.15, 0.2) is 0 Å². The molecule has 0 N–H and O–H groups in total. The summed E-state index contributed by atoms with van der Waals surface area (Å²) in [5, 5.41) is 9.50. The van der Waals surface area contributed by atoms with Crippen LogP contribution < -0.4 is 18.9 Å². The van der Waals surface area contributed by atoms with Gasteiger partial charge in [-0.2, -0.15) is 0 Å². The van der Waals surface area contributed by atoms with Crippen molar-refractivity contribution in [1.82, 2.24) is 0 Å². The third-order valence-corrected chi connectivity index (χ3v) is 0.422. The third-order valence-electron chi connectivity index (χ3n) is 0.422. The Balaban J connectivity index is -0.000000125. The zero-order valence-electron chi connectivity index (χ0n) is 5.84. The van der Waals surface area contributed by atoms with Gasteiger partial charge in [-0.25, -0.2) is 0 Å². The van der Waals surface area contributed by atoms with E-state index in [4.69, 9.17) is 0 Å². The normalized spacial score (nSPS) is 7.86. The maximum Gasteiger partial charge on any atom is 1.00 e. The summed E-state index contributed by atoms with van der Waals surface area (Å²) in [5.74, 6) is 0. The van der Waals surface area contributed by atoms with Crippen LogP contribution >= 0.6 is 0 Å². The van der Waals surface area contributed by atoms with Crippen molar-refractivity contribution in [3.63, 3.8) is 0 Å². The predicted octanol–water partition coefficient (Wildman–Crippen LogP) is -2.21. The molecule has 0 bridgehead atoms. The smallest absolute Gasteiger partial charge is 1.00 e. The van der Waals surface area contributed by atoms with Crippen LogP contribution in [0.2, 0.25) is 0 Å². The fourth-order valence-corrected chi connectivity index (χ4v) is 0. The molecule has 0 spiro atoms. The third kappa shape index (κ3) is 6.00. The number of nitro groups is 1. The van der Waals surface area contributed by atoms with E-state index in [9.17, 15) is 10.1 Å². The number of hydrogen-bond donors (Lipinski definition) is 0. The molecular weight excluding hydrogens is 89.0 g/mol. The average Bonchev–Trinajstić information content (AvgIpc) is 1.36. The summed E-state index contributed by atoms with van der Waals surface area (Å²) in [6, 6.07) is -0.426. The first-order valence-electron chi connectivity index (χ1n) is 1.78. The van der Waals surface area contributed by atoms with Crippen LogP contribution in [0.5, 0.6) is 0 Å². The Morgan fingerprint density at radius 3 is 1.86 bits per heavy atom. The fourth-order valence-electron chi connectivity index (χ4n) is 0. The van der Waals surface area contributed by atoms with E-state index in [1.165, 1.54) is 0 Å². The SMILES string of the molecule is CC(C)[N+](=O)[O-].[H-].[Li+]. The van der Waals surface area contributed by atoms with Crippen molar-refractivity contribution in [2.45, 2.75) is 19.9 Å². The van der Waals surface area contributed by atoms with E-state index in [0.717, 1.165) is 0 Å². The molecular formula is C3H8LiNO2. The van der Waals surface area contributed by atoms with E-state index < -0.39 is 6.04 Å². The van der Waals surface area contributed by atoms with Crippen LogP contribution in [-0.4, -0.2) is 11.0 Å². The topological polar surface area (TPSA) is 43.1 Å². The molecule has 0 saturated heterocycles. The molecule has 0 aromatic heterocycles. The molecule has 0 radical (unpaired) electrons. The summed E-state index contributed by atoms with van der Waals surface area (Å²) in [4.78, 5) is 9.17. The molecule has 7 heavy (non-hydrogen) atoms. The van der Waals surface area contributed by atoms with Crippen molar-refractivity contribution in [3.05, 3.63) is 10.1 Å². The summed E-state index contributed by atoms with van der Waals surface area (Å²) < 4.78 is 0. The molecule has 0 rings (SSSR count). The Morgan fingerprint density at radius 1 is 1.71 bits per heavy atom. The van der Waals surface area contributed by atoms with Crippen molar-refractivity contribution in [2.24, 2.45) is 0 Å². The van der Waals surface area contributed by atoms with Gasteiger partial charge >= 0.3 is 18.9 Å². The molecule has 4 heteroatoms. The van der Waals surface area contributed by atoms with Crippen LogP contribution in [0.3, 0.4) is 0 Å². The van der Waals surface area contributed by atoms with Crippen LogP contribution in [-0.2, 0) is 0 Å². The van der Waals surface area contributed by atoms with E-state index >= 15 is 0 Å². The Bertz CT molecular complexity index is 68.3. The number of nitrogens with zero attached hydrogens (tertiary/aromatic N) is 1. The second-order valence-corrected chi connectivity index (χ2v) is 1.38. The van der Waals surface area contributed by atoms with Gasteiger partial charge in [0, 0.05) is 18.8 Å². The van der Waals surface area contributed by atoms with E-state index in [0.29, 0.717) is 0 Å². The van der Waals surface area contributed by atoms with Gasteiger partial charge in [-0.3, -0.25) is 10.1 Å². The van der Waals surface area contributed by atoms with E-state index in [-0.39, 0.29) is 25.2 Å². The molecule has 38 valence electrons. The predicted molar refractivity (Wildman–Crippen MR) is 23.2 cm³/mol. The minimum absolute atomic E-state index is 0. The summed E-state index contributed by atoms with van der Waals surface area (Å²) >= 11 is 0. The van der Waals surface area contributed by atoms with Crippen molar-refractivity contribution in [1.29, 1.82) is 0 Å². The first-order chi connectivity index (χ1) is 2.64. The minimum atomic E-state index is -0.426. The van der Waals surface area contributed by atoms with Gasteiger partial charge in [0.2, 0.25) is 6.04 Å². The summed E-state index contributed by atoms with van der Waals surface area (Å²) in [6.45, 7) is 3.08. The molecule has 0 aromatic carbocycles. The zero-order chi connectivity index (χ0) is 5.15. The Labute approximate surface area is 55.9 Å². The van der Waals surface area contributed by atoms with Gasteiger partial charge in [-0.15, -0.1) is 0 Å². The van der Waals surface area contributed by atoms with Crippen LogP contribution in [0.1, 0.15) is 15.3 Å². The monoisotopic (exact) mass is 97.1 g/mol. The van der Waals surface area contributed by atoms with Crippen LogP contribution in [0, 0.1) is 10.1 Å². The summed E-state index contributed by atoms with van der Waals surface area (Å²) in [6.07, 6.45) is 0. The molecule has 0 fully saturated rings. The first kappa shape index (κ1) is 10.1. The minimum Gasteiger partial charge on any atom is -1.00 e. The average molecular weight is 97.0 g/mol. The fraction of sp³-hybridized carbons (Fsp3) is 1.00. The van der Waals surface area contributed by atoms with E-state index in [2.05, 4.69) is 0 Å². The maximum absolute atomic E-state index is 9.50. The first-order valence-corrected chi connectivity index (χ1v) is 1.78. The Hall–Kier alpha value is -0.00260. The molecule has 0 heterocycles. The standard InChI is InChI=1S/C3H7NO2.Li.H/c1-3(2)4(5)6;;/h3H,1-2H3;;/q;+1;-1. The Morgan fingerprint density at radius 2 is 1.86 bits per heavy atom. The Kier molecular flexibility index (Phi) is 6.00. The van der Waals surface area contributed by atoms with Gasteiger partial charge in [0.05, 0.1) is 0 Å². The molecule has 0 unspecified atom stereocenters.